The van der Waals surface area contributed by atoms with Crippen LogP contribution >= 0.6 is 20.9 Å². The van der Waals surface area contributed by atoms with Crippen molar-refractivity contribution in [3.05, 3.63) is 35.2 Å². The Bertz CT molecular complexity index is 467. The molecule has 0 bridgehead atoms. The van der Waals surface area contributed by atoms with Gasteiger partial charge in [-0.2, -0.15) is 0 Å². The van der Waals surface area contributed by atoms with Crippen LogP contribution in [0, 0.1) is 0 Å². The van der Waals surface area contributed by atoms with Crippen LogP contribution in [0.25, 0.3) is 11.3 Å². The van der Waals surface area contributed by atoms with E-state index in [1.165, 1.54) is 10.5 Å². The Morgan fingerprint density at radius 2 is 2.29 bits per heavy atom. The zero-order valence-corrected chi connectivity index (χ0v) is 8.69. The molecule has 2 N–H and O–H groups in total. The van der Waals surface area contributed by atoms with E-state index in [1.807, 2.05) is 11.4 Å². The highest BCUT2D eigenvalue weighted by molar-refractivity contribution is 7.65. The summed E-state index contributed by atoms with van der Waals surface area (Å²) in [6.07, 6.45) is 0. The van der Waals surface area contributed by atoms with Crippen molar-refractivity contribution in [3.63, 3.8) is 0 Å². The van der Waals surface area contributed by atoms with Gasteiger partial charge in [0.1, 0.15) is 0 Å². The smallest absolute Gasteiger partial charge is 0.335 e. The molecule has 0 aromatic heterocycles. The molecular formula is C9H7NO2S2. The lowest BCUT2D eigenvalue weighted by Gasteiger charge is -1.97. The zero-order chi connectivity index (χ0) is 9.97. The summed E-state index contributed by atoms with van der Waals surface area (Å²) < 4.78 is 3.06. The summed E-state index contributed by atoms with van der Waals surface area (Å²) in [5, 5.41) is 10.8. The Hall–Kier alpha value is -1.33. The van der Waals surface area contributed by atoms with Gasteiger partial charge in [-0.3, -0.25) is 0 Å². The van der Waals surface area contributed by atoms with Crippen LogP contribution < -0.4 is 0 Å². The van der Waals surface area contributed by atoms with E-state index in [0.29, 0.717) is 5.56 Å². The van der Waals surface area contributed by atoms with Gasteiger partial charge in [-0.15, -0.1) is 0 Å². The number of hydrogen-bond donors (Lipinski definition) is 2. The van der Waals surface area contributed by atoms with Crippen molar-refractivity contribution in [1.29, 1.82) is 0 Å². The van der Waals surface area contributed by atoms with Crippen LogP contribution in [-0.4, -0.2) is 15.4 Å². The van der Waals surface area contributed by atoms with Gasteiger partial charge in [-0.05, 0) is 22.7 Å². The minimum Gasteiger partial charge on any atom is -0.478 e. The Kier molecular flexibility index (Phi) is 2.51. The van der Waals surface area contributed by atoms with Crippen molar-refractivity contribution in [2.75, 3.05) is 0 Å². The Balaban J connectivity index is 2.68. The minimum absolute atomic E-state index is 0.291. The maximum absolute atomic E-state index is 10.8. The molecule has 0 unspecified atom stereocenters. The summed E-state index contributed by atoms with van der Waals surface area (Å²) in [4.78, 5) is 10.8. The lowest BCUT2D eigenvalue weighted by molar-refractivity contribution is 0.0697. The van der Waals surface area contributed by atoms with Gasteiger partial charge >= 0.3 is 5.97 Å². The summed E-state index contributed by atoms with van der Waals surface area (Å²) in [5.41, 5.74) is 2.15. The molecule has 1 heterocycles. The first-order valence-electron chi connectivity index (χ1n) is 3.89. The van der Waals surface area contributed by atoms with E-state index in [1.54, 1.807) is 28.5 Å². The normalized spacial score (nSPS) is 10.0. The average molecular weight is 225 g/mol. The molecule has 0 amide bonds. The number of nitrogens with one attached hydrogen (secondary N) is 1. The molecular weight excluding hydrogens is 218 g/mol. The maximum atomic E-state index is 10.8. The van der Waals surface area contributed by atoms with Crippen LogP contribution in [0.15, 0.2) is 29.6 Å². The average Bonchev–Trinajstić information content (AvgIpc) is 2.39. The van der Waals surface area contributed by atoms with Gasteiger partial charge in [0.25, 0.3) is 0 Å². The molecule has 14 heavy (non-hydrogen) atoms. The third kappa shape index (κ3) is 1.78. The molecule has 0 radical (unpaired) electrons. The van der Waals surface area contributed by atoms with Crippen LogP contribution in [0.3, 0.4) is 0 Å². The van der Waals surface area contributed by atoms with E-state index in [4.69, 9.17) is 5.11 Å². The molecule has 0 fully saturated rings. The number of carboxylic acid groups (broad SMARTS) is 1. The second-order valence-electron chi connectivity index (χ2n) is 2.70. The van der Waals surface area contributed by atoms with Crippen LogP contribution in [0.4, 0.5) is 0 Å². The highest BCUT2D eigenvalue weighted by atomic mass is 32.9. The van der Waals surface area contributed by atoms with Crippen LogP contribution in [0.5, 0.6) is 0 Å². The quantitative estimate of drug-likeness (QED) is 0.733. The second kappa shape index (κ2) is 3.81. The van der Waals surface area contributed by atoms with Crippen LogP contribution in [0.1, 0.15) is 10.4 Å². The predicted molar refractivity (Wildman–Crippen MR) is 57.8 cm³/mol. The van der Waals surface area contributed by atoms with E-state index in [9.17, 15) is 4.79 Å². The third-order valence-corrected chi connectivity index (χ3v) is 3.36. The van der Waals surface area contributed by atoms with Gasteiger partial charge < -0.3 is 9.48 Å². The van der Waals surface area contributed by atoms with Crippen molar-refractivity contribution in [1.82, 2.24) is 4.37 Å². The summed E-state index contributed by atoms with van der Waals surface area (Å²) >= 11 is 0. The fourth-order valence-corrected chi connectivity index (χ4v) is 2.64. The molecule has 0 atom stereocenters. The lowest BCUT2D eigenvalue weighted by Crippen LogP contribution is -1.93. The first kappa shape index (κ1) is 9.23. The van der Waals surface area contributed by atoms with E-state index in [-0.39, 0.29) is 0 Å². The monoisotopic (exact) mass is 225 g/mol. The summed E-state index contributed by atoms with van der Waals surface area (Å²) in [6, 6.07) is 6.87. The standard InChI is InChI=1S/C9H7NO2S2/c11-9(12)6-2-1-3-7-5-13-14-10-8(7)4-6/h1-5,10H,(H,11,12). The lowest BCUT2D eigenvalue weighted by atomic mass is 10.2. The number of fused-ring (bicyclic) bond motifs is 1. The summed E-state index contributed by atoms with van der Waals surface area (Å²) in [5.74, 6) is -0.909. The second-order valence-corrected chi connectivity index (χ2v) is 4.58. The van der Waals surface area contributed by atoms with E-state index >= 15 is 0 Å². The zero-order valence-electron chi connectivity index (χ0n) is 7.06. The van der Waals surface area contributed by atoms with Crippen molar-refractivity contribution in [2.45, 2.75) is 0 Å². The van der Waals surface area contributed by atoms with Crippen molar-refractivity contribution < 1.29 is 9.90 Å². The number of aromatic nitrogens is 1. The molecule has 3 nitrogen and oxygen atoms in total. The Morgan fingerprint density at radius 1 is 1.43 bits per heavy atom. The van der Waals surface area contributed by atoms with E-state index in [0.717, 1.165) is 11.3 Å². The summed E-state index contributed by atoms with van der Waals surface area (Å²) in [6.45, 7) is 0. The number of aromatic amines is 1. The number of hydrogen-bond acceptors (Lipinski definition) is 3. The molecule has 5 heteroatoms. The topological polar surface area (TPSA) is 53.1 Å². The Morgan fingerprint density at radius 3 is 3.07 bits per heavy atom. The molecule has 0 saturated carbocycles. The summed E-state index contributed by atoms with van der Waals surface area (Å²) in [7, 11) is 3.05. The molecule has 72 valence electrons. The van der Waals surface area contributed by atoms with Gasteiger partial charge in [0.2, 0.25) is 0 Å². The highest BCUT2D eigenvalue weighted by Crippen LogP contribution is 2.22. The number of rotatable bonds is 1. The van der Waals surface area contributed by atoms with Gasteiger partial charge in [-0.25, -0.2) is 4.79 Å². The molecule has 0 saturated heterocycles. The minimum atomic E-state index is -0.909. The van der Waals surface area contributed by atoms with Gasteiger partial charge in [0, 0.05) is 10.9 Å². The molecule has 0 aromatic rings. The van der Waals surface area contributed by atoms with Crippen molar-refractivity contribution >= 4 is 26.8 Å². The van der Waals surface area contributed by atoms with Crippen LogP contribution in [-0.2, 0) is 0 Å². The van der Waals surface area contributed by atoms with Crippen LogP contribution in [0.2, 0.25) is 0 Å². The molecule has 0 aromatic carbocycles. The van der Waals surface area contributed by atoms with E-state index in [2.05, 4.69) is 4.37 Å². The molecule has 1 aliphatic carbocycles. The number of carbonyl (C=O) groups is 1. The molecule has 2 aliphatic rings. The van der Waals surface area contributed by atoms with Crippen molar-refractivity contribution in [2.24, 2.45) is 0 Å². The number of aromatic carboxylic acids is 1. The van der Waals surface area contributed by atoms with Gasteiger partial charge in [0.05, 0.1) is 11.3 Å². The molecule has 1 aliphatic heterocycles. The highest BCUT2D eigenvalue weighted by Gasteiger charge is 2.04. The first-order chi connectivity index (χ1) is 6.77. The van der Waals surface area contributed by atoms with Crippen molar-refractivity contribution in [3.8, 4) is 11.3 Å². The fraction of sp³-hybridized carbons (Fsp3) is 0. The predicted octanol–water partition coefficient (Wildman–Crippen LogP) is 3.07. The van der Waals surface area contributed by atoms with Gasteiger partial charge in [0.15, 0.2) is 0 Å². The maximum Gasteiger partial charge on any atom is 0.335 e. The van der Waals surface area contributed by atoms with E-state index < -0.39 is 5.97 Å². The Labute approximate surface area is 87.8 Å². The molecule has 0 spiro atoms. The SMILES string of the molecule is O=C(O)c1cccc2css[nH]c-2c1. The number of H-pyrrole nitrogens is 1. The fourth-order valence-electron chi connectivity index (χ4n) is 1.10. The molecule has 2 rings (SSSR count). The number of carboxylic acids is 1. The van der Waals surface area contributed by atoms with Gasteiger partial charge in [-0.1, -0.05) is 22.5 Å². The first-order valence-corrected chi connectivity index (χ1v) is 6.11. The third-order valence-electron chi connectivity index (χ3n) is 1.78. The largest absolute Gasteiger partial charge is 0.478 e.